The normalized spacial score (nSPS) is 14.9. The lowest BCUT2D eigenvalue weighted by molar-refractivity contribution is 0.150. The number of carbonyl (C=O) groups excluding carboxylic acids is 1. The van der Waals surface area contributed by atoms with E-state index in [9.17, 15) is 4.79 Å². The Bertz CT molecular complexity index is 415. The Morgan fingerprint density at radius 1 is 1.50 bits per heavy atom. The summed E-state index contributed by atoms with van der Waals surface area (Å²) < 4.78 is 0. The molecule has 0 atom stereocenters. The van der Waals surface area contributed by atoms with Crippen LogP contribution in [0, 0.1) is 5.92 Å². The predicted octanol–water partition coefficient (Wildman–Crippen LogP) is 2.84. The van der Waals surface area contributed by atoms with Gasteiger partial charge < -0.3 is 10.2 Å². The summed E-state index contributed by atoms with van der Waals surface area (Å²) in [4.78, 5) is 18.3. The lowest BCUT2D eigenvalue weighted by Gasteiger charge is -2.34. The highest BCUT2D eigenvalue weighted by Crippen LogP contribution is 2.27. The molecule has 110 valence electrons. The van der Waals surface area contributed by atoms with Gasteiger partial charge in [0.15, 0.2) is 0 Å². The standard InChI is InChI=1S/C16H25N3O/c1-13(2)19(12-15-5-3-6-15)16(20)18-10-8-14-7-4-9-17-11-14/h4,7,9,11,13,15H,3,5-6,8,10,12H2,1-2H3,(H,18,20). The molecule has 1 aliphatic rings. The second-order valence-electron chi connectivity index (χ2n) is 5.89. The Hall–Kier alpha value is -1.58. The van der Waals surface area contributed by atoms with Crippen LogP contribution in [0.15, 0.2) is 24.5 Å². The predicted molar refractivity (Wildman–Crippen MR) is 80.5 cm³/mol. The zero-order valence-corrected chi connectivity index (χ0v) is 12.5. The summed E-state index contributed by atoms with van der Waals surface area (Å²) in [5.41, 5.74) is 1.16. The zero-order valence-electron chi connectivity index (χ0n) is 12.5. The molecular weight excluding hydrogens is 250 g/mol. The number of pyridine rings is 1. The first-order valence-corrected chi connectivity index (χ1v) is 7.60. The Morgan fingerprint density at radius 2 is 2.30 bits per heavy atom. The molecule has 1 aromatic rings. The summed E-state index contributed by atoms with van der Waals surface area (Å²) in [6.07, 6.45) is 8.30. The maximum Gasteiger partial charge on any atom is 0.317 e. The number of nitrogens with zero attached hydrogens (tertiary/aromatic N) is 2. The quantitative estimate of drug-likeness (QED) is 0.867. The number of urea groups is 1. The van der Waals surface area contributed by atoms with E-state index in [-0.39, 0.29) is 12.1 Å². The zero-order chi connectivity index (χ0) is 14.4. The molecule has 1 aliphatic carbocycles. The van der Waals surface area contributed by atoms with E-state index in [2.05, 4.69) is 24.1 Å². The molecule has 0 aromatic carbocycles. The van der Waals surface area contributed by atoms with Gasteiger partial charge in [0.2, 0.25) is 0 Å². The fourth-order valence-corrected chi connectivity index (χ4v) is 2.44. The molecular formula is C16H25N3O. The molecule has 0 unspecified atom stereocenters. The molecule has 4 nitrogen and oxygen atoms in total. The number of rotatable bonds is 6. The Balaban J connectivity index is 1.76. The summed E-state index contributed by atoms with van der Waals surface area (Å²) in [5, 5.41) is 3.03. The molecule has 0 spiro atoms. The van der Waals surface area contributed by atoms with Gasteiger partial charge in [-0.2, -0.15) is 0 Å². The van der Waals surface area contributed by atoms with Crippen LogP contribution in [-0.2, 0) is 6.42 Å². The molecule has 2 amide bonds. The number of hydrogen-bond acceptors (Lipinski definition) is 2. The smallest absolute Gasteiger partial charge is 0.317 e. The van der Waals surface area contributed by atoms with Gasteiger partial charge in [-0.05, 0) is 50.7 Å². The number of nitrogens with one attached hydrogen (secondary N) is 1. The minimum absolute atomic E-state index is 0.0655. The molecule has 0 saturated heterocycles. The summed E-state index contributed by atoms with van der Waals surface area (Å²) in [5.74, 6) is 0.710. The van der Waals surface area contributed by atoms with Crippen molar-refractivity contribution in [1.82, 2.24) is 15.2 Å². The summed E-state index contributed by atoms with van der Waals surface area (Å²) in [7, 11) is 0. The van der Waals surface area contributed by atoms with Crippen molar-refractivity contribution in [1.29, 1.82) is 0 Å². The highest BCUT2D eigenvalue weighted by atomic mass is 16.2. The van der Waals surface area contributed by atoms with E-state index >= 15 is 0 Å². The van der Waals surface area contributed by atoms with Crippen LogP contribution in [0.4, 0.5) is 4.79 Å². The van der Waals surface area contributed by atoms with Gasteiger partial charge in [0.1, 0.15) is 0 Å². The van der Waals surface area contributed by atoms with E-state index in [0.717, 1.165) is 18.5 Å². The summed E-state index contributed by atoms with van der Waals surface area (Å²) in [6, 6.07) is 4.28. The van der Waals surface area contributed by atoms with Crippen LogP contribution in [0.2, 0.25) is 0 Å². The van der Waals surface area contributed by atoms with E-state index in [4.69, 9.17) is 0 Å². The third-order valence-electron chi connectivity index (χ3n) is 3.98. The van der Waals surface area contributed by atoms with E-state index < -0.39 is 0 Å². The minimum Gasteiger partial charge on any atom is -0.338 e. The van der Waals surface area contributed by atoms with Crippen molar-refractivity contribution in [3.8, 4) is 0 Å². The monoisotopic (exact) mass is 275 g/mol. The first-order valence-electron chi connectivity index (χ1n) is 7.60. The van der Waals surface area contributed by atoms with Crippen molar-refractivity contribution in [3.63, 3.8) is 0 Å². The number of amides is 2. The van der Waals surface area contributed by atoms with Gasteiger partial charge in [-0.1, -0.05) is 12.5 Å². The van der Waals surface area contributed by atoms with Gasteiger partial charge in [0.25, 0.3) is 0 Å². The molecule has 20 heavy (non-hydrogen) atoms. The number of aromatic nitrogens is 1. The third kappa shape index (κ3) is 4.22. The van der Waals surface area contributed by atoms with E-state index in [0.29, 0.717) is 12.5 Å². The molecule has 1 heterocycles. The van der Waals surface area contributed by atoms with Crippen molar-refractivity contribution < 1.29 is 4.79 Å². The molecule has 0 radical (unpaired) electrons. The molecule has 2 rings (SSSR count). The average molecular weight is 275 g/mol. The highest BCUT2D eigenvalue weighted by Gasteiger charge is 2.24. The van der Waals surface area contributed by atoms with Crippen LogP contribution < -0.4 is 5.32 Å². The molecule has 1 aromatic heterocycles. The SMILES string of the molecule is CC(C)N(CC1CCC1)C(=O)NCCc1cccnc1. The van der Waals surface area contributed by atoms with Crippen LogP contribution in [0.3, 0.4) is 0 Å². The van der Waals surface area contributed by atoms with Gasteiger partial charge >= 0.3 is 6.03 Å². The van der Waals surface area contributed by atoms with E-state index in [1.54, 1.807) is 6.20 Å². The molecule has 0 bridgehead atoms. The van der Waals surface area contributed by atoms with Gasteiger partial charge in [-0.25, -0.2) is 4.79 Å². The maximum absolute atomic E-state index is 12.2. The fourth-order valence-electron chi connectivity index (χ4n) is 2.44. The lowest BCUT2D eigenvalue weighted by Crippen LogP contribution is -2.47. The topological polar surface area (TPSA) is 45.2 Å². The van der Waals surface area contributed by atoms with Crippen LogP contribution in [0.1, 0.15) is 38.7 Å². The lowest BCUT2D eigenvalue weighted by atomic mass is 9.85. The Kier molecular flexibility index (Phi) is 5.39. The molecule has 4 heteroatoms. The molecule has 1 fully saturated rings. The van der Waals surface area contributed by atoms with Crippen molar-refractivity contribution in [2.45, 2.75) is 45.6 Å². The first kappa shape index (κ1) is 14.8. The minimum atomic E-state index is 0.0655. The van der Waals surface area contributed by atoms with Gasteiger partial charge in [-0.3, -0.25) is 4.98 Å². The van der Waals surface area contributed by atoms with Crippen LogP contribution in [0.25, 0.3) is 0 Å². The number of hydrogen-bond donors (Lipinski definition) is 1. The van der Waals surface area contributed by atoms with E-state index in [1.165, 1.54) is 19.3 Å². The van der Waals surface area contributed by atoms with E-state index in [1.807, 2.05) is 23.2 Å². The van der Waals surface area contributed by atoms with Crippen LogP contribution in [0.5, 0.6) is 0 Å². The van der Waals surface area contributed by atoms with Crippen LogP contribution in [-0.4, -0.2) is 35.0 Å². The third-order valence-corrected chi connectivity index (χ3v) is 3.98. The Morgan fingerprint density at radius 3 is 2.85 bits per heavy atom. The first-order chi connectivity index (χ1) is 9.66. The second kappa shape index (κ2) is 7.27. The van der Waals surface area contributed by atoms with Crippen molar-refractivity contribution in [2.75, 3.05) is 13.1 Å². The van der Waals surface area contributed by atoms with Crippen molar-refractivity contribution in [2.24, 2.45) is 5.92 Å². The molecule has 1 N–H and O–H groups in total. The average Bonchev–Trinajstić information content (AvgIpc) is 2.38. The fraction of sp³-hybridized carbons (Fsp3) is 0.625. The highest BCUT2D eigenvalue weighted by molar-refractivity contribution is 5.74. The summed E-state index contributed by atoms with van der Waals surface area (Å²) >= 11 is 0. The van der Waals surface area contributed by atoms with Crippen LogP contribution >= 0.6 is 0 Å². The Labute approximate surface area is 121 Å². The van der Waals surface area contributed by atoms with Gasteiger partial charge in [0, 0.05) is 31.5 Å². The second-order valence-corrected chi connectivity index (χ2v) is 5.89. The van der Waals surface area contributed by atoms with Crippen molar-refractivity contribution >= 4 is 6.03 Å². The van der Waals surface area contributed by atoms with Gasteiger partial charge in [-0.15, -0.1) is 0 Å². The largest absolute Gasteiger partial charge is 0.338 e. The van der Waals surface area contributed by atoms with Gasteiger partial charge in [0.05, 0.1) is 0 Å². The van der Waals surface area contributed by atoms with Crippen molar-refractivity contribution in [3.05, 3.63) is 30.1 Å². The maximum atomic E-state index is 12.2. The summed E-state index contributed by atoms with van der Waals surface area (Å²) in [6.45, 7) is 5.73. The molecule has 0 aliphatic heterocycles. The molecule has 1 saturated carbocycles. The number of carbonyl (C=O) groups is 1.